The van der Waals surface area contributed by atoms with Crippen molar-refractivity contribution in [3.63, 3.8) is 0 Å². The number of hydrogen-bond donors (Lipinski definition) is 1. The van der Waals surface area contributed by atoms with Gasteiger partial charge in [0.2, 0.25) is 5.79 Å². The molecule has 1 saturated heterocycles. The lowest BCUT2D eigenvalue weighted by atomic mass is 9.89. The van der Waals surface area contributed by atoms with E-state index in [0.717, 1.165) is 42.5 Å². The number of benzene rings is 4. The van der Waals surface area contributed by atoms with E-state index in [1.165, 1.54) is 33.7 Å². The molecule has 0 radical (unpaired) electrons. The van der Waals surface area contributed by atoms with Gasteiger partial charge in [0.1, 0.15) is 11.9 Å². The SMILES string of the molecule is C=C(c1ccc2ccc3ccccc3c2c1)C1COC2(CCC(Nc3ccc(F)cc3)CC2)OO1. The number of hydrogen-bond acceptors (Lipinski definition) is 4. The van der Waals surface area contributed by atoms with E-state index in [1.54, 1.807) is 12.1 Å². The normalized spacial score (nSPS) is 24.6. The van der Waals surface area contributed by atoms with E-state index in [-0.39, 0.29) is 11.9 Å². The van der Waals surface area contributed by atoms with Crippen LogP contribution in [0.4, 0.5) is 10.1 Å². The van der Waals surface area contributed by atoms with Crippen LogP contribution in [0.25, 0.3) is 27.1 Å². The summed E-state index contributed by atoms with van der Waals surface area (Å²) in [4.78, 5) is 11.7. The monoisotopic (exact) mass is 469 g/mol. The van der Waals surface area contributed by atoms with Crippen molar-refractivity contribution in [1.29, 1.82) is 0 Å². The minimum Gasteiger partial charge on any atom is -0.382 e. The molecule has 1 heterocycles. The number of halogens is 1. The summed E-state index contributed by atoms with van der Waals surface area (Å²) in [7, 11) is 0. The van der Waals surface area contributed by atoms with Crippen LogP contribution < -0.4 is 5.32 Å². The molecule has 0 amide bonds. The summed E-state index contributed by atoms with van der Waals surface area (Å²) in [5.41, 5.74) is 2.80. The Bertz CT molecular complexity index is 1370. The van der Waals surface area contributed by atoms with E-state index in [9.17, 15) is 4.39 Å². The summed E-state index contributed by atoms with van der Waals surface area (Å²) < 4.78 is 19.4. The van der Waals surface area contributed by atoms with Gasteiger partial charge in [-0.3, -0.25) is 0 Å². The van der Waals surface area contributed by atoms with Gasteiger partial charge in [-0.15, -0.1) is 0 Å². The van der Waals surface area contributed by atoms with Crippen LogP contribution in [0, 0.1) is 5.82 Å². The maximum absolute atomic E-state index is 13.2. The van der Waals surface area contributed by atoms with Gasteiger partial charge < -0.3 is 10.1 Å². The Morgan fingerprint density at radius 3 is 2.34 bits per heavy atom. The number of nitrogens with one attached hydrogen (secondary N) is 1. The molecule has 1 saturated carbocycles. The van der Waals surface area contributed by atoms with E-state index in [1.807, 2.05) is 0 Å². The van der Waals surface area contributed by atoms with Crippen LogP contribution in [0.2, 0.25) is 0 Å². The van der Waals surface area contributed by atoms with Gasteiger partial charge in [-0.05, 0) is 75.9 Å². The molecule has 178 valence electrons. The van der Waals surface area contributed by atoms with Crippen LogP contribution in [-0.4, -0.2) is 24.5 Å². The molecular formula is C30H28FNO3. The molecule has 2 fully saturated rings. The van der Waals surface area contributed by atoms with Gasteiger partial charge in [0.05, 0.1) is 6.61 Å². The molecule has 1 N–H and O–H groups in total. The number of ether oxygens (including phenoxy) is 1. The first kappa shape index (κ1) is 22.2. The Hall–Kier alpha value is -3.25. The third-order valence-corrected chi connectivity index (χ3v) is 7.28. The van der Waals surface area contributed by atoms with Crippen LogP contribution in [0.15, 0.2) is 85.4 Å². The molecule has 1 atom stereocenters. The van der Waals surface area contributed by atoms with Crippen molar-refractivity contribution >= 4 is 32.8 Å². The lowest BCUT2D eigenvalue weighted by molar-refractivity contribution is -0.483. The summed E-state index contributed by atoms with van der Waals surface area (Å²) in [6.07, 6.45) is 2.86. The van der Waals surface area contributed by atoms with Gasteiger partial charge >= 0.3 is 0 Å². The van der Waals surface area contributed by atoms with Crippen molar-refractivity contribution < 1.29 is 18.9 Å². The van der Waals surface area contributed by atoms with E-state index in [0.29, 0.717) is 12.6 Å². The first-order chi connectivity index (χ1) is 17.1. The summed E-state index contributed by atoms with van der Waals surface area (Å²) in [6, 6.07) is 25.9. The second kappa shape index (κ2) is 9.08. The van der Waals surface area contributed by atoms with E-state index >= 15 is 0 Å². The fourth-order valence-electron chi connectivity index (χ4n) is 5.18. The number of fused-ring (bicyclic) bond motifs is 3. The average molecular weight is 470 g/mol. The van der Waals surface area contributed by atoms with Gasteiger partial charge in [0.25, 0.3) is 0 Å². The van der Waals surface area contributed by atoms with Gasteiger partial charge in [-0.1, -0.05) is 55.1 Å². The second-order valence-electron chi connectivity index (χ2n) is 9.56. The Kier molecular flexibility index (Phi) is 5.77. The fraction of sp³-hybridized carbons (Fsp3) is 0.267. The zero-order chi connectivity index (χ0) is 23.8. The summed E-state index contributed by atoms with van der Waals surface area (Å²) in [5, 5.41) is 8.31. The molecule has 35 heavy (non-hydrogen) atoms. The fourth-order valence-corrected chi connectivity index (χ4v) is 5.18. The molecule has 4 nitrogen and oxygen atoms in total. The maximum Gasteiger partial charge on any atom is 0.201 e. The molecule has 1 aliphatic carbocycles. The highest BCUT2D eigenvalue weighted by molar-refractivity contribution is 6.08. The second-order valence-corrected chi connectivity index (χ2v) is 9.56. The van der Waals surface area contributed by atoms with Gasteiger partial charge in [0.15, 0.2) is 0 Å². The molecule has 4 aromatic carbocycles. The molecular weight excluding hydrogens is 441 g/mol. The standard InChI is InChI=1S/C30H28FNO3/c1-20(23-9-8-22-7-6-21-4-2-3-5-27(21)28(22)18-23)29-19-33-30(35-34-29)16-14-26(15-17-30)32-25-12-10-24(31)11-13-25/h2-13,18,26,29,32H,1,14-17,19H2. The topological polar surface area (TPSA) is 39.7 Å². The predicted molar refractivity (Wildman–Crippen MR) is 137 cm³/mol. The van der Waals surface area contributed by atoms with Gasteiger partial charge in [0, 0.05) is 24.6 Å². The minimum absolute atomic E-state index is 0.229. The number of anilines is 1. The Balaban J connectivity index is 1.10. The third-order valence-electron chi connectivity index (χ3n) is 7.28. The van der Waals surface area contributed by atoms with Crippen LogP contribution in [0.1, 0.15) is 31.2 Å². The zero-order valence-electron chi connectivity index (χ0n) is 19.5. The van der Waals surface area contributed by atoms with Crippen LogP contribution in [0.3, 0.4) is 0 Å². The highest BCUT2D eigenvalue weighted by Crippen LogP contribution is 2.39. The van der Waals surface area contributed by atoms with Crippen LogP contribution in [-0.2, 0) is 14.5 Å². The Labute approximate surface area is 204 Å². The van der Waals surface area contributed by atoms with Crippen molar-refractivity contribution in [2.75, 3.05) is 11.9 Å². The van der Waals surface area contributed by atoms with Gasteiger partial charge in [-0.25, -0.2) is 14.2 Å². The van der Waals surface area contributed by atoms with Crippen molar-refractivity contribution in [3.8, 4) is 0 Å². The zero-order valence-corrected chi connectivity index (χ0v) is 19.5. The first-order valence-corrected chi connectivity index (χ1v) is 12.2. The van der Waals surface area contributed by atoms with Crippen molar-refractivity contribution in [3.05, 3.63) is 96.8 Å². The molecule has 0 bridgehead atoms. The summed E-state index contributed by atoms with van der Waals surface area (Å²) in [5.74, 6) is -0.940. The molecule has 5 heteroatoms. The highest BCUT2D eigenvalue weighted by Gasteiger charge is 2.43. The molecule has 1 spiro atoms. The first-order valence-electron chi connectivity index (χ1n) is 12.2. The molecule has 0 aromatic heterocycles. The van der Waals surface area contributed by atoms with Crippen molar-refractivity contribution in [2.24, 2.45) is 0 Å². The number of rotatable bonds is 4. The maximum atomic E-state index is 13.2. The molecule has 2 aliphatic rings. The van der Waals surface area contributed by atoms with Crippen molar-refractivity contribution in [2.45, 2.75) is 43.6 Å². The smallest absolute Gasteiger partial charge is 0.201 e. The minimum atomic E-state index is -0.711. The molecule has 6 rings (SSSR count). The predicted octanol–water partition coefficient (Wildman–Crippen LogP) is 7.24. The Morgan fingerprint density at radius 2 is 1.60 bits per heavy atom. The summed E-state index contributed by atoms with van der Waals surface area (Å²) >= 11 is 0. The largest absolute Gasteiger partial charge is 0.382 e. The van der Waals surface area contributed by atoms with E-state index in [4.69, 9.17) is 14.5 Å². The molecule has 4 aromatic rings. The average Bonchev–Trinajstić information content (AvgIpc) is 2.91. The quantitative estimate of drug-likeness (QED) is 0.253. The van der Waals surface area contributed by atoms with E-state index < -0.39 is 5.79 Å². The van der Waals surface area contributed by atoms with Crippen LogP contribution >= 0.6 is 0 Å². The lowest BCUT2D eigenvalue weighted by Crippen LogP contribution is -2.49. The third kappa shape index (κ3) is 4.43. The van der Waals surface area contributed by atoms with Gasteiger partial charge in [-0.2, -0.15) is 0 Å². The molecule has 1 aliphatic heterocycles. The highest BCUT2D eigenvalue weighted by atomic mass is 19.1. The lowest BCUT2D eigenvalue weighted by Gasteiger charge is -2.43. The Morgan fingerprint density at radius 1 is 0.886 bits per heavy atom. The van der Waals surface area contributed by atoms with Crippen LogP contribution in [0.5, 0.6) is 0 Å². The van der Waals surface area contributed by atoms with Crippen molar-refractivity contribution in [1.82, 2.24) is 0 Å². The van der Waals surface area contributed by atoms with E-state index in [2.05, 4.69) is 66.5 Å². The molecule has 1 unspecified atom stereocenters. The summed E-state index contributed by atoms with van der Waals surface area (Å²) in [6.45, 7) is 4.72.